The third kappa shape index (κ3) is 3.37. The van der Waals surface area contributed by atoms with E-state index >= 15 is 0 Å². The molecule has 0 amide bonds. The van der Waals surface area contributed by atoms with Crippen LogP contribution in [0.4, 0.5) is 5.69 Å². The second kappa shape index (κ2) is 6.08. The Labute approximate surface area is 110 Å². The lowest BCUT2D eigenvalue weighted by molar-refractivity contribution is -0.384. The van der Waals surface area contributed by atoms with Gasteiger partial charge in [0.15, 0.2) is 0 Å². The van der Waals surface area contributed by atoms with E-state index in [0.717, 1.165) is 25.7 Å². The molecule has 100 valence electrons. The molecular weight excluding hydrogens is 246 g/mol. The molecule has 0 N–H and O–H groups in total. The van der Waals surface area contributed by atoms with Crippen LogP contribution >= 0.6 is 0 Å². The smallest absolute Gasteiger partial charge is 0.270 e. The minimum absolute atomic E-state index is 0.0230. The number of rotatable bonds is 6. The van der Waals surface area contributed by atoms with E-state index in [1.165, 1.54) is 12.1 Å². The number of aromatic nitrogens is 2. The van der Waals surface area contributed by atoms with Crippen LogP contribution in [-0.2, 0) is 6.42 Å². The van der Waals surface area contributed by atoms with E-state index < -0.39 is 4.92 Å². The second-order valence-electron chi connectivity index (χ2n) is 4.28. The Morgan fingerprint density at radius 3 is 2.95 bits per heavy atom. The summed E-state index contributed by atoms with van der Waals surface area (Å²) in [6, 6.07) is 6.22. The summed E-state index contributed by atoms with van der Waals surface area (Å²) in [4.78, 5) is 14.5. The van der Waals surface area contributed by atoms with Crippen LogP contribution in [0.2, 0.25) is 0 Å². The minimum atomic E-state index is -0.439. The van der Waals surface area contributed by atoms with Crippen molar-refractivity contribution >= 4 is 5.69 Å². The lowest BCUT2D eigenvalue weighted by Crippen LogP contribution is -1.89. The van der Waals surface area contributed by atoms with Crippen molar-refractivity contribution in [1.29, 1.82) is 0 Å². The third-order valence-corrected chi connectivity index (χ3v) is 2.78. The van der Waals surface area contributed by atoms with Gasteiger partial charge in [0.25, 0.3) is 5.69 Å². The molecule has 0 aliphatic rings. The zero-order valence-corrected chi connectivity index (χ0v) is 10.7. The summed E-state index contributed by atoms with van der Waals surface area (Å²) in [6.45, 7) is 2.13. The van der Waals surface area contributed by atoms with Gasteiger partial charge in [0.05, 0.1) is 4.92 Å². The van der Waals surface area contributed by atoms with Crippen molar-refractivity contribution in [2.45, 2.75) is 32.6 Å². The van der Waals surface area contributed by atoms with Gasteiger partial charge >= 0.3 is 0 Å². The highest BCUT2D eigenvalue weighted by Gasteiger charge is 2.12. The molecule has 0 fully saturated rings. The highest BCUT2D eigenvalue weighted by Crippen LogP contribution is 2.21. The summed E-state index contributed by atoms with van der Waals surface area (Å²) in [5.41, 5.74) is 0.620. The molecular formula is C13H15N3O3. The lowest BCUT2D eigenvalue weighted by Gasteiger charge is -1.94. The van der Waals surface area contributed by atoms with Crippen LogP contribution < -0.4 is 0 Å². The SMILES string of the molecule is CCCCCc1nc(-c2cccc([N+](=O)[O-])c2)no1. The first-order chi connectivity index (χ1) is 9.20. The maximum Gasteiger partial charge on any atom is 0.270 e. The second-order valence-corrected chi connectivity index (χ2v) is 4.28. The summed E-state index contributed by atoms with van der Waals surface area (Å²) in [5, 5.41) is 14.6. The van der Waals surface area contributed by atoms with Crippen molar-refractivity contribution in [1.82, 2.24) is 10.1 Å². The number of aryl methyl sites for hydroxylation is 1. The van der Waals surface area contributed by atoms with E-state index in [0.29, 0.717) is 17.3 Å². The number of nitro groups is 1. The Hall–Kier alpha value is -2.24. The molecule has 19 heavy (non-hydrogen) atoms. The molecule has 0 spiro atoms. The lowest BCUT2D eigenvalue weighted by atomic mass is 10.2. The topological polar surface area (TPSA) is 82.1 Å². The van der Waals surface area contributed by atoms with E-state index in [4.69, 9.17) is 4.52 Å². The molecule has 1 aromatic carbocycles. The van der Waals surface area contributed by atoms with Gasteiger partial charge in [-0.15, -0.1) is 0 Å². The van der Waals surface area contributed by atoms with Crippen molar-refractivity contribution in [3.05, 3.63) is 40.3 Å². The molecule has 1 heterocycles. The number of benzene rings is 1. The van der Waals surface area contributed by atoms with Crippen LogP contribution in [0.3, 0.4) is 0 Å². The molecule has 0 aliphatic heterocycles. The minimum Gasteiger partial charge on any atom is -0.339 e. The fraction of sp³-hybridized carbons (Fsp3) is 0.385. The normalized spacial score (nSPS) is 10.6. The Balaban J connectivity index is 2.13. The van der Waals surface area contributed by atoms with Gasteiger partial charge < -0.3 is 4.52 Å². The molecule has 0 aliphatic carbocycles. The molecule has 0 saturated carbocycles. The van der Waals surface area contributed by atoms with Gasteiger partial charge in [-0.2, -0.15) is 4.98 Å². The van der Waals surface area contributed by atoms with Gasteiger partial charge in [-0.1, -0.05) is 37.1 Å². The average Bonchev–Trinajstić information content (AvgIpc) is 2.88. The van der Waals surface area contributed by atoms with Crippen LogP contribution in [0.25, 0.3) is 11.4 Å². The third-order valence-electron chi connectivity index (χ3n) is 2.78. The highest BCUT2D eigenvalue weighted by molar-refractivity contribution is 5.58. The summed E-state index contributed by atoms with van der Waals surface area (Å²) < 4.78 is 5.14. The number of hydrogen-bond acceptors (Lipinski definition) is 5. The zero-order chi connectivity index (χ0) is 13.7. The van der Waals surface area contributed by atoms with Crippen LogP contribution in [0, 0.1) is 10.1 Å². The van der Waals surface area contributed by atoms with Crippen LogP contribution in [0.15, 0.2) is 28.8 Å². The number of nitro benzene ring substituents is 1. The van der Waals surface area contributed by atoms with E-state index in [1.807, 2.05) is 0 Å². The standard InChI is InChI=1S/C13H15N3O3/c1-2-3-4-8-12-14-13(15-19-12)10-6-5-7-11(9-10)16(17)18/h5-7,9H,2-4,8H2,1H3. The number of unbranched alkanes of at least 4 members (excludes halogenated alkanes) is 2. The molecule has 0 atom stereocenters. The number of hydrogen-bond donors (Lipinski definition) is 0. The molecule has 2 rings (SSSR count). The van der Waals surface area contributed by atoms with Crippen molar-refractivity contribution in [2.24, 2.45) is 0 Å². The Bertz CT molecular complexity index is 566. The molecule has 1 aromatic heterocycles. The first-order valence-electron chi connectivity index (χ1n) is 6.28. The van der Waals surface area contributed by atoms with E-state index in [9.17, 15) is 10.1 Å². The molecule has 0 unspecified atom stereocenters. The van der Waals surface area contributed by atoms with Gasteiger partial charge in [0, 0.05) is 24.1 Å². The highest BCUT2D eigenvalue weighted by atomic mass is 16.6. The quantitative estimate of drug-likeness (QED) is 0.452. The van der Waals surface area contributed by atoms with Gasteiger partial charge in [-0.25, -0.2) is 0 Å². The Kier molecular flexibility index (Phi) is 4.22. The summed E-state index contributed by atoms with van der Waals surface area (Å²) in [5.74, 6) is 0.977. The van der Waals surface area contributed by atoms with Gasteiger partial charge in [-0.3, -0.25) is 10.1 Å². The maximum atomic E-state index is 10.7. The van der Waals surface area contributed by atoms with Gasteiger partial charge in [0.1, 0.15) is 0 Å². The molecule has 2 aromatic rings. The Morgan fingerprint density at radius 1 is 1.37 bits per heavy atom. The summed E-state index contributed by atoms with van der Waals surface area (Å²) >= 11 is 0. The van der Waals surface area contributed by atoms with Crippen LogP contribution in [0.5, 0.6) is 0 Å². The van der Waals surface area contributed by atoms with Crippen LogP contribution in [-0.4, -0.2) is 15.1 Å². The fourth-order valence-corrected chi connectivity index (χ4v) is 1.76. The summed E-state index contributed by atoms with van der Waals surface area (Å²) in [7, 11) is 0. The largest absolute Gasteiger partial charge is 0.339 e. The summed E-state index contributed by atoms with van der Waals surface area (Å²) in [6.07, 6.45) is 4.00. The fourth-order valence-electron chi connectivity index (χ4n) is 1.76. The van der Waals surface area contributed by atoms with E-state index in [1.54, 1.807) is 12.1 Å². The molecule has 6 nitrogen and oxygen atoms in total. The number of nitrogens with zero attached hydrogens (tertiary/aromatic N) is 3. The van der Waals surface area contributed by atoms with Crippen LogP contribution in [0.1, 0.15) is 32.1 Å². The van der Waals surface area contributed by atoms with Crippen molar-refractivity contribution in [3.63, 3.8) is 0 Å². The zero-order valence-electron chi connectivity index (χ0n) is 10.7. The molecule has 6 heteroatoms. The maximum absolute atomic E-state index is 10.7. The molecule has 0 bridgehead atoms. The number of non-ortho nitro benzene ring substituents is 1. The Morgan fingerprint density at radius 2 is 2.21 bits per heavy atom. The van der Waals surface area contributed by atoms with Crippen molar-refractivity contribution in [3.8, 4) is 11.4 Å². The van der Waals surface area contributed by atoms with Gasteiger partial charge in [-0.05, 0) is 6.42 Å². The molecule has 0 radical (unpaired) electrons. The predicted molar refractivity (Wildman–Crippen MR) is 69.6 cm³/mol. The van der Waals surface area contributed by atoms with Crippen molar-refractivity contribution in [2.75, 3.05) is 0 Å². The average molecular weight is 261 g/mol. The van der Waals surface area contributed by atoms with Crippen molar-refractivity contribution < 1.29 is 9.45 Å². The first-order valence-corrected chi connectivity index (χ1v) is 6.28. The predicted octanol–water partition coefficient (Wildman–Crippen LogP) is 3.38. The molecule has 0 saturated heterocycles. The van der Waals surface area contributed by atoms with E-state index in [-0.39, 0.29) is 5.69 Å². The van der Waals surface area contributed by atoms with Gasteiger partial charge in [0.2, 0.25) is 11.7 Å². The van der Waals surface area contributed by atoms with E-state index in [2.05, 4.69) is 17.1 Å². The monoisotopic (exact) mass is 261 g/mol. The first kappa shape index (κ1) is 13.2.